The van der Waals surface area contributed by atoms with Crippen LogP contribution >= 0.6 is 0 Å². The van der Waals surface area contributed by atoms with Crippen molar-refractivity contribution in [3.63, 3.8) is 0 Å². The Kier molecular flexibility index (Phi) is 5.20. The number of carbonyl (C=O) groups excluding carboxylic acids is 2. The lowest BCUT2D eigenvalue weighted by Crippen LogP contribution is -2.44. The van der Waals surface area contributed by atoms with Gasteiger partial charge in [0.15, 0.2) is 5.96 Å². The number of fused-ring (bicyclic) bond motifs is 5. The summed E-state index contributed by atoms with van der Waals surface area (Å²) in [6, 6.07) is 8.46. The summed E-state index contributed by atoms with van der Waals surface area (Å²) >= 11 is 0. The number of imide groups is 1. The Hall–Kier alpha value is -2.63. The van der Waals surface area contributed by atoms with E-state index in [9.17, 15) is 9.59 Å². The summed E-state index contributed by atoms with van der Waals surface area (Å²) < 4.78 is 0. The molecule has 4 rings (SSSR count). The van der Waals surface area contributed by atoms with Gasteiger partial charge in [0.2, 0.25) is 11.8 Å². The highest BCUT2D eigenvalue weighted by molar-refractivity contribution is 6.06. The highest BCUT2D eigenvalue weighted by Gasteiger charge is 2.58. The molecule has 6 nitrogen and oxygen atoms in total. The second-order valence-corrected chi connectivity index (χ2v) is 7.99. The molecule has 1 heterocycles. The normalized spacial score (nSPS) is 28.2. The molecule has 4 unspecified atom stereocenters. The number of carbonyl (C=O) groups is 2. The number of allylic oxidation sites excluding steroid dienone is 2. The van der Waals surface area contributed by atoms with Crippen molar-refractivity contribution in [1.29, 1.82) is 0 Å². The summed E-state index contributed by atoms with van der Waals surface area (Å²) in [5.41, 5.74) is 2.54. The van der Waals surface area contributed by atoms with Gasteiger partial charge in [-0.3, -0.25) is 19.5 Å². The number of hydrogen-bond donors (Lipinski definition) is 2. The lowest BCUT2D eigenvalue weighted by molar-refractivity contribution is -0.140. The minimum absolute atomic E-state index is 0.0102. The summed E-state index contributed by atoms with van der Waals surface area (Å²) in [5, 5.41) is 6.51. The fourth-order valence-corrected chi connectivity index (χ4v) is 4.88. The third-order valence-corrected chi connectivity index (χ3v) is 6.20. The molecule has 1 saturated heterocycles. The Bertz CT molecular complexity index is 802. The van der Waals surface area contributed by atoms with Crippen molar-refractivity contribution in [1.82, 2.24) is 15.5 Å². The van der Waals surface area contributed by atoms with Gasteiger partial charge in [-0.1, -0.05) is 42.0 Å². The van der Waals surface area contributed by atoms with E-state index in [2.05, 4.69) is 59.0 Å². The zero-order chi connectivity index (χ0) is 19.7. The lowest BCUT2D eigenvalue weighted by atomic mass is 9.85. The van der Waals surface area contributed by atoms with Gasteiger partial charge in [-0.25, -0.2) is 0 Å². The Morgan fingerprint density at radius 1 is 1.11 bits per heavy atom. The molecule has 3 aliphatic rings. The Morgan fingerprint density at radius 2 is 1.79 bits per heavy atom. The van der Waals surface area contributed by atoms with Crippen LogP contribution in [0.1, 0.15) is 17.5 Å². The van der Waals surface area contributed by atoms with Gasteiger partial charge in [-0.2, -0.15) is 0 Å². The third kappa shape index (κ3) is 3.43. The first-order valence-corrected chi connectivity index (χ1v) is 10.1. The van der Waals surface area contributed by atoms with Crippen molar-refractivity contribution < 1.29 is 9.59 Å². The zero-order valence-electron chi connectivity index (χ0n) is 16.5. The van der Waals surface area contributed by atoms with Crippen LogP contribution in [0, 0.1) is 30.6 Å². The predicted octanol–water partition coefficient (Wildman–Crippen LogP) is 1.51. The summed E-state index contributed by atoms with van der Waals surface area (Å²) in [6.07, 6.45) is 6.12. The zero-order valence-corrected chi connectivity index (χ0v) is 16.5. The largest absolute Gasteiger partial charge is 0.356 e. The molecule has 0 radical (unpaired) electrons. The quantitative estimate of drug-likeness (QED) is 0.340. The predicted molar refractivity (Wildman–Crippen MR) is 109 cm³/mol. The van der Waals surface area contributed by atoms with E-state index in [0.29, 0.717) is 19.0 Å². The molecule has 148 valence electrons. The molecule has 2 aliphatic carbocycles. The van der Waals surface area contributed by atoms with Gasteiger partial charge in [0.25, 0.3) is 0 Å². The van der Waals surface area contributed by atoms with Crippen molar-refractivity contribution in [2.75, 3.05) is 26.7 Å². The molecule has 2 fully saturated rings. The van der Waals surface area contributed by atoms with Crippen molar-refractivity contribution >= 4 is 17.8 Å². The molecule has 2 N–H and O–H groups in total. The smallest absolute Gasteiger partial charge is 0.233 e. The summed E-state index contributed by atoms with van der Waals surface area (Å²) in [7, 11) is 1.72. The maximum absolute atomic E-state index is 12.7. The number of nitrogens with zero attached hydrogens (tertiary/aromatic N) is 2. The maximum atomic E-state index is 12.7. The Labute approximate surface area is 166 Å². The molecule has 0 aromatic heterocycles. The van der Waals surface area contributed by atoms with Crippen LogP contribution in [0.5, 0.6) is 0 Å². The van der Waals surface area contributed by atoms with Crippen LogP contribution in [-0.4, -0.2) is 49.4 Å². The van der Waals surface area contributed by atoms with Crippen LogP contribution in [0.2, 0.25) is 0 Å². The van der Waals surface area contributed by atoms with Crippen LogP contribution in [0.25, 0.3) is 0 Å². The Balaban J connectivity index is 1.23. The minimum atomic E-state index is -0.116. The number of aliphatic imine (C=N–C) groups is 1. The number of hydrogen-bond acceptors (Lipinski definition) is 3. The average Bonchev–Trinajstić information content (AvgIpc) is 3.36. The van der Waals surface area contributed by atoms with Gasteiger partial charge < -0.3 is 10.6 Å². The highest BCUT2D eigenvalue weighted by atomic mass is 16.2. The Morgan fingerprint density at radius 3 is 2.43 bits per heavy atom. The lowest BCUT2D eigenvalue weighted by Gasteiger charge is -2.18. The molecule has 28 heavy (non-hydrogen) atoms. The maximum Gasteiger partial charge on any atom is 0.233 e. The van der Waals surface area contributed by atoms with E-state index in [0.717, 1.165) is 19.4 Å². The monoisotopic (exact) mass is 380 g/mol. The SMILES string of the molecule is CN=C(NCCc1cccc(C)c1)NCCN1C(=O)C2C3C=CC(C3)C2C1=O. The number of benzene rings is 1. The molecule has 1 aliphatic heterocycles. The third-order valence-electron chi connectivity index (χ3n) is 6.20. The average molecular weight is 380 g/mol. The second kappa shape index (κ2) is 7.78. The molecule has 1 aromatic rings. The molecule has 4 atom stereocenters. The molecule has 1 saturated carbocycles. The molecular weight excluding hydrogens is 352 g/mol. The van der Waals surface area contributed by atoms with Crippen LogP contribution in [0.4, 0.5) is 0 Å². The fraction of sp³-hybridized carbons (Fsp3) is 0.500. The van der Waals surface area contributed by atoms with Crippen LogP contribution in [-0.2, 0) is 16.0 Å². The molecular formula is C22H28N4O2. The molecule has 1 aromatic carbocycles. The van der Waals surface area contributed by atoms with Crippen LogP contribution < -0.4 is 10.6 Å². The van der Waals surface area contributed by atoms with Gasteiger partial charge in [0.05, 0.1) is 11.8 Å². The first-order valence-electron chi connectivity index (χ1n) is 10.1. The van der Waals surface area contributed by atoms with Gasteiger partial charge >= 0.3 is 0 Å². The van der Waals surface area contributed by atoms with E-state index in [4.69, 9.17) is 0 Å². The van der Waals surface area contributed by atoms with E-state index >= 15 is 0 Å². The first kappa shape index (κ1) is 18.7. The van der Waals surface area contributed by atoms with Crippen LogP contribution in [0.3, 0.4) is 0 Å². The fourth-order valence-electron chi connectivity index (χ4n) is 4.88. The highest BCUT2D eigenvalue weighted by Crippen LogP contribution is 2.52. The van der Waals surface area contributed by atoms with Gasteiger partial charge in [-0.15, -0.1) is 0 Å². The van der Waals surface area contributed by atoms with Crippen LogP contribution in [0.15, 0.2) is 41.4 Å². The van der Waals surface area contributed by atoms with Gasteiger partial charge in [-0.05, 0) is 37.2 Å². The van der Waals surface area contributed by atoms with Crippen molar-refractivity contribution in [2.45, 2.75) is 19.8 Å². The van der Waals surface area contributed by atoms with Crippen molar-refractivity contribution in [3.8, 4) is 0 Å². The van der Waals surface area contributed by atoms with Crippen molar-refractivity contribution in [2.24, 2.45) is 28.7 Å². The minimum Gasteiger partial charge on any atom is -0.356 e. The number of rotatable bonds is 6. The van der Waals surface area contributed by atoms with Gasteiger partial charge in [0.1, 0.15) is 0 Å². The number of guanidine groups is 1. The van der Waals surface area contributed by atoms with Gasteiger partial charge in [0, 0.05) is 26.7 Å². The molecule has 2 bridgehead atoms. The number of aryl methyl sites for hydroxylation is 1. The standard InChI is InChI=1S/C22H28N4O2/c1-14-4-3-5-15(12-14)8-9-24-22(23-2)25-10-11-26-20(27)18-16-6-7-17(13-16)19(18)21(26)28/h3-7,12,16-19H,8-11,13H2,1-2H3,(H2,23,24,25). The second-order valence-electron chi connectivity index (χ2n) is 7.99. The number of likely N-dealkylation sites (tertiary alicyclic amines) is 1. The van der Waals surface area contributed by atoms with E-state index in [1.165, 1.54) is 16.0 Å². The number of amides is 2. The summed E-state index contributed by atoms with van der Waals surface area (Å²) in [5.74, 6) is 1.00. The number of nitrogens with one attached hydrogen (secondary N) is 2. The van der Waals surface area contributed by atoms with Crippen molar-refractivity contribution in [3.05, 3.63) is 47.5 Å². The molecule has 0 spiro atoms. The van der Waals surface area contributed by atoms with E-state index in [1.807, 2.05) is 0 Å². The summed E-state index contributed by atoms with van der Waals surface area (Å²) in [4.78, 5) is 31.1. The molecule has 6 heteroatoms. The molecule has 2 amide bonds. The van der Waals surface area contributed by atoms with E-state index in [1.54, 1.807) is 7.05 Å². The first-order chi connectivity index (χ1) is 13.6. The van der Waals surface area contributed by atoms with E-state index < -0.39 is 0 Å². The summed E-state index contributed by atoms with van der Waals surface area (Å²) in [6.45, 7) is 3.75. The topological polar surface area (TPSA) is 73.8 Å². The van der Waals surface area contributed by atoms with E-state index in [-0.39, 0.29) is 35.5 Å².